The molecule has 0 saturated carbocycles. The van der Waals surface area contributed by atoms with E-state index in [1.165, 1.54) is 65.9 Å². The van der Waals surface area contributed by atoms with Gasteiger partial charge < -0.3 is 9.13 Å². The molecule has 12 aromatic rings. The third-order valence-electron chi connectivity index (χ3n) is 15.1. The standard InChI is InChI=1S/C64H46N2OS/c1-39-21-29-57-51(33-39)52-34-40(2)22-30-58(52)65(57)55-17-9-5-13-45(55)43-25-27-49-47-15-7-11-19-61(47)68(67,63(49)37-43)62-20-12-8-16-48(62)50-28-26-44(38-64(50)68)46-14-6-10-18-56(46)66-59-31-23-41(3)35-53(59)54-36-42(4)24-32-60(54)66/h5-38H,1-4H3. The number of hydrogen-bond donors (Lipinski definition) is 0. The van der Waals surface area contributed by atoms with E-state index in [0.717, 1.165) is 75.5 Å². The summed E-state index contributed by atoms with van der Waals surface area (Å²) < 4.78 is 23.1. The molecule has 324 valence electrons. The molecule has 14 rings (SSSR count). The van der Waals surface area contributed by atoms with Crippen molar-refractivity contribution in [2.75, 3.05) is 0 Å². The first-order valence-corrected chi connectivity index (χ1v) is 25.5. The minimum Gasteiger partial charge on any atom is -0.309 e. The topological polar surface area (TPSA) is 26.9 Å². The highest BCUT2D eigenvalue weighted by atomic mass is 32.3. The molecule has 0 fully saturated rings. The van der Waals surface area contributed by atoms with Crippen LogP contribution in [0.25, 0.3) is 99.5 Å². The number of hydrogen-bond acceptors (Lipinski definition) is 1. The van der Waals surface area contributed by atoms with E-state index in [0.29, 0.717) is 0 Å². The minimum absolute atomic E-state index is 0.869. The predicted molar refractivity (Wildman–Crippen MR) is 283 cm³/mol. The van der Waals surface area contributed by atoms with Crippen molar-refractivity contribution in [3.63, 3.8) is 0 Å². The van der Waals surface area contributed by atoms with E-state index in [2.05, 4.69) is 243 Å². The van der Waals surface area contributed by atoms with E-state index >= 15 is 4.21 Å². The van der Waals surface area contributed by atoms with Crippen molar-refractivity contribution < 1.29 is 4.21 Å². The lowest BCUT2D eigenvalue weighted by molar-refractivity contribution is 0.658. The molecule has 1 spiro atoms. The summed E-state index contributed by atoms with van der Waals surface area (Å²) in [5.41, 5.74) is 20.1. The van der Waals surface area contributed by atoms with E-state index in [9.17, 15) is 0 Å². The van der Waals surface area contributed by atoms with Crippen LogP contribution in [0.5, 0.6) is 0 Å². The smallest absolute Gasteiger partial charge is 0.0541 e. The lowest BCUT2D eigenvalue weighted by atomic mass is 9.99. The van der Waals surface area contributed by atoms with Crippen LogP contribution in [-0.2, 0) is 9.07 Å². The van der Waals surface area contributed by atoms with E-state index in [4.69, 9.17) is 0 Å². The summed E-state index contributed by atoms with van der Waals surface area (Å²) in [6.45, 7) is 8.67. The summed E-state index contributed by atoms with van der Waals surface area (Å²) in [6, 6.07) is 75.0. The van der Waals surface area contributed by atoms with Gasteiger partial charge in [0.05, 0.1) is 33.4 Å². The van der Waals surface area contributed by atoms with Gasteiger partial charge in [-0.15, -0.1) is 0 Å². The highest BCUT2D eigenvalue weighted by molar-refractivity contribution is 8.21. The largest absolute Gasteiger partial charge is 0.309 e. The van der Waals surface area contributed by atoms with Crippen LogP contribution in [-0.4, -0.2) is 13.3 Å². The molecular weight excluding hydrogens is 845 g/mol. The normalized spacial score (nSPS) is 14.6. The number of fused-ring (bicyclic) bond motifs is 16. The Morgan fingerprint density at radius 2 is 0.603 bits per heavy atom. The summed E-state index contributed by atoms with van der Waals surface area (Å²) in [6.07, 6.45) is 0. The first-order chi connectivity index (χ1) is 33.2. The van der Waals surface area contributed by atoms with Crippen molar-refractivity contribution >= 4 is 52.7 Å². The Morgan fingerprint density at radius 3 is 0.971 bits per heavy atom. The quantitative estimate of drug-likeness (QED) is 0.173. The number of nitrogens with zero attached hydrogens (tertiary/aromatic N) is 2. The summed E-state index contributed by atoms with van der Waals surface area (Å²) in [7, 11) is -4.26. The maximum atomic E-state index is 18.3. The van der Waals surface area contributed by atoms with E-state index in [-0.39, 0.29) is 0 Å². The Hall–Kier alpha value is -8.05. The van der Waals surface area contributed by atoms with Crippen molar-refractivity contribution in [3.05, 3.63) is 229 Å². The predicted octanol–water partition coefficient (Wildman–Crippen LogP) is 16.8. The highest BCUT2D eigenvalue weighted by Crippen LogP contribution is 2.71. The van der Waals surface area contributed by atoms with Crippen LogP contribution < -0.4 is 0 Å². The van der Waals surface area contributed by atoms with E-state index in [1.807, 2.05) is 0 Å². The van der Waals surface area contributed by atoms with Crippen LogP contribution in [0.3, 0.4) is 0 Å². The van der Waals surface area contributed by atoms with Gasteiger partial charge in [-0.05, 0) is 146 Å². The molecule has 2 aliphatic rings. The number of aryl methyl sites for hydroxylation is 4. The van der Waals surface area contributed by atoms with Gasteiger partial charge in [0.25, 0.3) is 0 Å². The molecule has 4 heteroatoms. The highest BCUT2D eigenvalue weighted by Gasteiger charge is 2.57. The number of benzene rings is 10. The summed E-state index contributed by atoms with van der Waals surface area (Å²) in [5, 5.41) is 4.97. The summed E-state index contributed by atoms with van der Waals surface area (Å²) in [4.78, 5) is 3.49. The third-order valence-corrected chi connectivity index (χ3v) is 19.8. The van der Waals surface area contributed by atoms with Crippen LogP contribution in [0.15, 0.2) is 226 Å². The third kappa shape index (κ3) is 5.00. The van der Waals surface area contributed by atoms with Crippen molar-refractivity contribution in [3.8, 4) is 55.9 Å². The molecule has 0 N–H and O–H groups in total. The van der Waals surface area contributed by atoms with Crippen molar-refractivity contribution in [2.24, 2.45) is 0 Å². The van der Waals surface area contributed by atoms with Gasteiger partial charge in [-0.1, -0.05) is 144 Å². The molecule has 68 heavy (non-hydrogen) atoms. The van der Waals surface area contributed by atoms with Gasteiger partial charge >= 0.3 is 0 Å². The van der Waals surface area contributed by atoms with Crippen molar-refractivity contribution in [2.45, 2.75) is 47.3 Å². The lowest BCUT2D eigenvalue weighted by Crippen LogP contribution is -2.30. The molecule has 4 heterocycles. The zero-order valence-electron chi connectivity index (χ0n) is 38.3. The molecule has 0 radical (unpaired) electrons. The molecule has 3 nitrogen and oxygen atoms in total. The van der Waals surface area contributed by atoms with Crippen LogP contribution in [0.1, 0.15) is 22.3 Å². The number of para-hydroxylation sites is 2. The Balaban J connectivity index is 1.03. The minimum atomic E-state index is -4.26. The van der Waals surface area contributed by atoms with Gasteiger partial charge in [0, 0.05) is 61.3 Å². The monoisotopic (exact) mass is 890 g/mol. The maximum Gasteiger partial charge on any atom is 0.0541 e. The average molecular weight is 891 g/mol. The van der Waals surface area contributed by atoms with Crippen molar-refractivity contribution in [1.29, 1.82) is 0 Å². The Kier molecular flexibility index (Phi) is 7.92. The Morgan fingerprint density at radius 1 is 0.294 bits per heavy atom. The first-order valence-electron chi connectivity index (χ1n) is 23.6. The number of aromatic nitrogens is 2. The first kappa shape index (κ1) is 39.1. The molecular formula is C64H46N2OS. The average Bonchev–Trinajstić information content (AvgIpc) is 4.01. The molecule has 0 atom stereocenters. The van der Waals surface area contributed by atoms with Gasteiger partial charge in [0.2, 0.25) is 0 Å². The van der Waals surface area contributed by atoms with Crippen LogP contribution in [0.2, 0.25) is 0 Å². The zero-order chi connectivity index (χ0) is 45.7. The molecule has 0 saturated heterocycles. The van der Waals surface area contributed by atoms with Crippen LogP contribution in [0, 0.1) is 27.7 Å². The molecule has 0 aliphatic carbocycles. The molecule has 2 aromatic heterocycles. The number of rotatable bonds is 4. The second-order valence-electron chi connectivity index (χ2n) is 19.1. The SMILES string of the molecule is Cc1ccc2c(c1)c1cc(C)ccc1n2-c1ccccc1-c1ccc2c(c1)S1(=O)(c3ccccc3-2)c2ccccc2-c2ccc(-c3ccccc3-n3c4ccc(C)cc4c4cc(C)ccc43)cc21. The Bertz CT molecular complexity index is 3880. The zero-order valence-corrected chi connectivity index (χ0v) is 39.2. The van der Waals surface area contributed by atoms with Gasteiger partial charge in [-0.2, -0.15) is 0 Å². The fourth-order valence-electron chi connectivity index (χ4n) is 12.1. The van der Waals surface area contributed by atoms with Gasteiger partial charge in [0.15, 0.2) is 0 Å². The maximum absolute atomic E-state index is 18.3. The Labute approximate surface area is 395 Å². The van der Waals surface area contributed by atoms with Crippen molar-refractivity contribution in [1.82, 2.24) is 9.13 Å². The lowest BCUT2D eigenvalue weighted by Gasteiger charge is -2.39. The van der Waals surface area contributed by atoms with Crippen LogP contribution in [0.4, 0.5) is 0 Å². The summed E-state index contributed by atoms with van der Waals surface area (Å²) >= 11 is 0. The molecule has 0 bridgehead atoms. The van der Waals surface area contributed by atoms with Gasteiger partial charge in [0.1, 0.15) is 0 Å². The molecule has 2 aliphatic heterocycles. The fraction of sp³-hybridized carbons (Fsp3) is 0.0625. The second-order valence-corrected chi connectivity index (χ2v) is 22.8. The van der Waals surface area contributed by atoms with E-state index < -0.39 is 9.07 Å². The second kappa shape index (κ2) is 13.8. The molecule has 10 aromatic carbocycles. The fourth-order valence-corrected chi connectivity index (χ4v) is 17.3. The molecule has 0 unspecified atom stereocenters. The van der Waals surface area contributed by atoms with E-state index in [1.54, 1.807) is 0 Å². The molecule has 0 amide bonds. The van der Waals surface area contributed by atoms with Gasteiger partial charge in [-0.25, -0.2) is 0 Å². The van der Waals surface area contributed by atoms with Gasteiger partial charge in [-0.3, -0.25) is 4.21 Å². The van der Waals surface area contributed by atoms with Crippen LogP contribution >= 0.6 is 0 Å². The summed E-state index contributed by atoms with van der Waals surface area (Å²) in [5.74, 6) is 0.